The zero-order chi connectivity index (χ0) is 28.8. The van der Waals surface area contributed by atoms with Gasteiger partial charge >= 0.3 is 0 Å². The second-order valence-electron chi connectivity index (χ2n) is 9.80. The van der Waals surface area contributed by atoms with Crippen LogP contribution in [0.4, 0.5) is 11.4 Å². The number of nitro groups is 2. The van der Waals surface area contributed by atoms with Crippen LogP contribution in [0.1, 0.15) is 0 Å². The fourth-order valence-corrected chi connectivity index (χ4v) is 5.34. The second kappa shape index (κ2) is 9.87. The van der Waals surface area contributed by atoms with Crippen LogP contribution in [0.15, 0.2) is 130 Å². The molecule has 7 aromatic rings. The molecule has 2 aromatic heterocycles. The Morgan fingerprint density at radius 2 is 0.810 bits per heavy atom. The van der Waals surface area contributed by atoms with Crippen LogP contribution in [0.25, 0.3) is 66.8 Å². The SMILES string of the molecule is O=[N+]([O-])c1ccc(-c2oc3cc4c(-c5ccccc5)c(-c5ccc([N+](=O)[O-])cc5)oc4cc3c2-c2ccccc2)cc1. The first kappa shape index (κ1) is 25.0. The molecular weight excluding hydrogens is 532 g/mol. The average molecular weight is 553 g/mol. The Morgan fingerprint density at radius 1 is 0.452 bits per heavy atom. The number of nitrogens with zero attached hydrogens (tertiary/aromatic N) is 2. The summed E-state index contributed by atoms with van der Waals surface area (Å²) in [7, 11) is 0. The van der Waals surface area contributed by atoms with Crippen molar-refractivity contribution in [2.75, 3.05) is 0 Å². The summed E-state index contributed by atoms with van der Waals surface area (Å²) in [4.78, 5) is 21.6. The van der Waals surface area contributed by atoms with Crippen molar-refractivity contribution < 1.29 is 18.7 Å². The monoisotopic (exact) mass is 552 g/mol. The molecule has 0 fully saturated rings. The molecule has 202 valence electrons. The van der Waals surface area contributed by atoms with E-state index in [1.165, 1.54) is 24.3 Å². The molecule has 8 heteroatoms. The molecule has 0 radical (unpaired) electrons. The van der Waals surface area contributed by atoms with Crippen molar-refractivity contribution >= 4 is 33.3 Å². The smallest absolute Gasteiger partial charge is 0.269 e. The largest absolute Gasteiger partial charge is 0.455 e. The lowest BCUT2D eigenvalue weighted by Crippen LogP contribution is -1.87. The summed E-state index contributed by atoms with van der Waals surface area (Å²) in [6.07, 6.45) is 0. The molecule has 7 rings (SSSR count). The maximum absolute atomic E-state index is 11.2. The van der Waals surface area contributed by atoms with Gasteiger partial charge in [0.1, 0.15) is 22.7 Å². The van der Waals surface area contributed by atoms with Crippen LogP contribution in [0, 0.1) is 20.2 Å². The molecular formula is C34H20N2O6. The lowest BCUT2D eigenvalue weighted by atomic mass is 9.96. The Hall–Kier alpha value is -6.02. The van der Waals surface area contributed by atoms with E-state index >= 15 is 0 Å². The van der Waals surface area contributed by atoms with E-state index in [1.807, 2.05) is 72.8 Å². The average Bonchev–Trinajstić information content (AvgIpc) is 3.59. The highest BCUT2D eigenvalue weighted by Gasteiger charge is 2.24. The number of hydrogen-bond acceptors (Lipinski definition) is 6. The zero-order valence-corrected chi connectivity index (χ0v) is 21.9. The van der Waals surface area contributed by atoms with Crippen LogP contribution < -0.4 is 0 Å². The first-order valence-corrected chi connectivity index (χ1v) is 13.1. The van der Waals surface area contributed by atoms with Crippen molar-refractivity contribution in [2.24, 2.45) is 0 Å². The summed E-state index contributed by atoms with van der Waals surface area (Å²) in [5.41, 5.74) is 6.21. The first-order chi connectivity index (χ1) is 20.5. The summed E-state index contributed by atoms with van der Waals surface area (Å²) in [6.45, 7) is 0. The van der Waals surface area contributed by atoms with E-state index in [0.29, 0.717) is 33.8 Å². The normalized spacial score (nSPS) is 11.2. The van der Waals surface area contributed by atoms with E-state index in [4.69, 9.17) is 8.83 Å². The van der Waals surface area contributed by atoms with Gasteiger partial charge in [0.05, 0.1) is 9.85 Å². The Bertz CT molecular complexity index is 1960. The van der Waals surface area contributed by atoms with Crippen LogP contribution in [0.2, 0.25) is 0 Å². The fourth-order valence-electron chi connectivity index (χ4n) is 5.34. The number of benzene rings is 5. The van der Waals surface area contributed by atoms with Crippen molar-refractivity contribution in [3.63, 3.8) is 0 Å². The summed E-state index contributed by atoms with van der Waals surface area (Å²) in [5.74, 6) is 1.19. The van der Waals surface area contributed by atoms with Gasteiger partial charge in [0.15, 0.2) is 0 Å². The Kier molecular flexibility index (Phi) is 5.87. The number of nitro benzene ring substituents is 2. The van der Waals surface area contributed by atoms with Gasteiger partial charge in [0.2, 0.25) is 0 Å². The van der Waals surface area contributed by atoms with Gasteiger partial charge in [-0.15, -0.1) is 0 Å². The minimum Gasteiger partial charge on any atom is -0.455 e. The number of fused-ring (bicyclic) bond motifs is 2. The molecule has 0 aliphatic heterocycles. The van der Waals surface area contributed by atoms with Gasteiger partial charge in [-0.2, -0.15) is 0 Å². The lowest BCUT2D eigenvalue weighted by Gasteiger charge is -2.04. The number of non-ortho nitro benzene ring substituents is 2. The first-order valence-electron chi connectivity index (χ1n) is 13.1. The molecule has 0 aliphatic carbocycles. The molecule has 0 saturated heterocycles. The van der Waals surface area contributed by atoms with Crippen molar-refractivity contribution in [1.29, 1.82) is 0 Å². The predicted molar refractivity (Wildman–Crippen MR) is 161 cm³/mol. The van der Waals surface area contributed by atoms with Gasteiger partial charge in [0, 0.05) is 57.3 Å². The third kappa shape index (κ3) is 4.18. The van der Waals surface area contributed by atoms with Gasteiger partial charge in [-0.05, 0) is 47.5 Å². The van der Waals surface area contributed by atoms with Crippen molar-refractivity contribution in [3.05, 3.63) is 142 Å². The number of rotatable bonds is 6. The molecule has 0 unspecified atom stereocenters. The standard InChI is InChI=1S/C34H20N2O6/c37-35(38)25-15-11-23(12-16-25)33-31(21-7-3-1-4-8-21)27-19-30-28(20-29(27)41-33)32(22-9-5-2-6-10-22)34(42-30)24-13-17-26(18-14-24)36(39)40/h1-20H. The molecule has 8 nitrogen and oxygen atoms in total. The highest BCUT2D eigenvalue weighted by molar-refractivity contribution is 6.11. The lowest BCUT2D eigenvalue weighted by molar-refractivity contribution is -0.385. The molecule has 0 amide bonds. The van der Waals surface area contributed by atoms with E-state index in [2.05, 4.69) is 0 Å². The quantitative estimate of drug-likeness (QED) is 0.150. The van der Waals surface area contributed by atoms with Gasteiger partial charge in [-0.25, -0.2) is 0 Å². The minimum atomic E-state index is -0.428. The van der Waals surface area contributed by atoms with Crippen LogP contribution in [0.3, 0.4) is 0 Å². The van der Waals surface area contributed by atoms with E-state index < -0.39 is 9.85 Å². The number of furan rings is 2. The molecule has 0 atom stereocenters. The molecule has 2 heterocycles. The van der Waals surface area contributed by atoms with Crippen molar-refractivity contribution in [3.8, 4) is 44.9 Å². The molecule has 0 spiro atoms. The molecule has 0 saturated carbocycles. The molecule has 5 aromatic carbocycles. The van der Waals surface area contributed by atoms with E-state index in [9.17, 15) is 20.2 Å². The van der Waals surface area contributed by atoms with Crippen molar-refractivity contribution in [1.82, 2.24) is 0 Å². The molecule has 0 bridgehead atoms. The van der Waals surface area contributed by atoms with Gasteiger partial charge in [-0.1, -0.05) is 60.7 Å². The van der Waals surface area contributed by atoms with Crippen LogP contribution in [0.5, 0.6) is 0 Å². The molecule has 0 N–H and O–H groups in total. The summed E-state index contributed by atoms with van der Waals surface area (Å²) in [5, 5.41) is 24.1. The Morgan fingerprint density at radius 3 is 1.14 bits per heavy atom. The summed E-state index contributed by atoms with van der Waals surface area (Å²) in [6, 6.07) is 36.1. The van der Waals surface area contributed by atoms with Gasteiger partial charge in [0.25, 0.3) is 11.4 Å². The topological polar surface area (TPSA) is 113 Å². The minimum absolute atomic E-state index is 0.0000812. The summed E-state index contributed by atoms with van der Waals surface area (Å²) < 4.78 is 13.0. The Balaban J connectivity index is 1.50. The second-order valence-corrected chi connectivity index (χ2v) is 9.80. The van der Waals surface area contributed by atoms with Crippen LogP contribution >= 0.6 is 0 Å². The molecule has 0 aliphatic rings. The highest BCUT2D eigenvalue weighted by atomic mass is 16.6. The van der Waals surface area contributed by atoms with Gasteiger partial charge in [-0.3, -0.25) is 20.2 Å². The maximum Gasteiger partial charge on any atom is 0.269 e. The third-order valence-corrected chi connectivity index (χ3v) is 7.30. The molecule has 42 heavy (non-hydrogen) atoms. The third-order valence-electron chi connectivity index (χ3n) is 7.30. The van der Waals surface area contributed by atoms with Gasteiger partial charge < -0.3 is 8.83 Å². The zero-order valence-electron chi connectivity index (χ0n) is 21.9. The fraction of sp³-hybridized carbons (Fsp3) is 0. The Labute approximate surface area is 238 Å². The van der Waals surface area contributed by atoms with Crippen molar-refractivity contribution in [2.45, 2.75) is 0 Å². The van der Waals surface area contributed by atoms with E-state index in [0.717, 1.165) is 33.0 Å². The highest BCUT2D eigenvalue weighted by Crippen LogP contribution is 2.47. The van der Waals surface area contributed by atoms with E-state index in [-0.39, 0.29) is 11.4 Å². The predicted octanol–water partition coefficient (Wildman–Crippen LogP) is 9.66. The maximum atomic E-state index is 11.2. The number of hydrogen-bond donors (Lipinski definition) is 0. The summed E-state index contributed by atoms with van der Waals surface area (Å²) >= 11 is 0. The van der Waals surface area contributed by atoms with E-state index in [1.54, 1.807) is 24.3 Å². The van der Waals surface area contributed by atoms with Crippen LogP contribution in [-0.2, 0) is 0 Å². The van der Waals surface area contributed by atoms with Crippen LogP contribution in [-0.4, -0.2) is 9.85 Å².